The first-order valence-electron chi connectivity index (χ1n) is 23.3. The number of hydrogen-bond donors (Lipinski definition) is 3. The van der Waals surface area contributed by atoms with E-state index in [2.05, 4.69) is 30.9 Å². The molecule has 404 valence electrons. The van der Waals surface area contributed by atoms with Crippen molar-refractivity contribution in [2.24, 2.45) is 17.6 Å². The number of benzene rings is 2. The Kier molecular flexibility index (Phi) is 23.4. The first kappa shape index (κ1) is 61.5. The quantitative estimate of drug-likeness (QED) is 0.0537. The van der Waals surface area contributed by atoms with Gasteiger partial charge in [0.15, 0.2) is 32.8 Å². The molecule has 2 aromatic carbocycles. The molecule has 0 aliphatic heterocycles. The summed E-state index contributed by atoms with van der Waals surface area (Å²) in [5.74, 6) is -2.13. The van der Waals surface area contributed by atoms with Crippen molar-refractivity contribution in [3.8, 4) is 45.4 Å². The molecule has 0 spiro atoms. The number of aromatic nitrogens is 4. The van der Waals surface area contributed by atoms with Gasteiger partial charge in [0.1, 0.15) is 22.8 Å². The maximum atomic E-state index is 13.0. The van der Waals surface area contributed by atoms with Crippen LogP contribution in [0.15, 0.2) is 94.2 Å². The minimum Gasteiger partial charge on any atom is -0.354 e. The molecule has 0 aliphatic carbocycles. The molecule has 0 saturated carbocycles. The molecular formula is C51H51Cl8N9O8. The third-order valence-electron chi connectivity index (χ3n) is 11.3. The number of Topliss-reactive ketones (excluding diaryl/α,β-unsaturated/α-hetero) is 2. The van der Waals surface area contributed by atoms with Gasteiger partial charge in [-0.15, -0.1) is 0 Å². The summed E-state index contributed by atoms with van der Waals surface area (Å²) in [7, 11) is 0. The summed E-state index contributed by atoms with van der Waals surface area (Å²) in [6.07, 6.45) is 3.09. The van der Waals surface area contributed by atoms with E-state index in [9.17, 15) is 28.8 Å². The number of amides is 4. The normalized spacial score (nSPS) is 12.0. The topological polar surface area (TPSA) is 237 Å². The van der Waals surface area contributed by atoms with E-state index in [1.165, 1.54) is 22.2 Å². The van der Waals surface area contributed by atoms with Crippen molar-refractivity contribution < 1.29 is 37.8 Å². The molecule has 0 saturated heterocycles. The van der Waals surface area contributed by atoms with Crippen molar-refractivity contribution >= 4 is 139 Å². The number of carbonyl (C=O) groups excluding carboxylic acids is 6. The minimum absolute atomic E-state index is 0.0147. The van der Waals surface area contributed by atoms with E-state index in [0.29, 0.717) is 76.9 Å². The molecule has 4 heterocycles. The van der Waals surface area contributed by atoms with Gasteiger partial charge in [-0.25, -0.2) is 0 Å². The monoisotopic (exact) mass is 1200 g/mol. The molecule has 0 fully saturated rings. The number of rotatable bonds is 22. The minimum atomic E-state index is -1.38. The number of carbonyl (C=O) groups is 6. The zero-order valence-electron chi connectivity index (χ0n) is 41.3. The van der Waals surface area contributed by atoms with E-state index >= 15 is 0 Å². The summed E-state index contributed by atoms with van der Waals surface area (Å²) in [6, 6.07) is 18.3. The van der Waals surface area contributed by atoms with Gasteiger partial charge in [0, 0.05) is 79.4 Å². The third kappa shape index (κ3) is 16.3. The number of nitrogens with one attached hydrogen (secondary N) is 2. The van der Waals surface area contributed by atoms with Crippen molar-refractivity contribution in [3.05, 3.63) is 105 Å². The summed E-state index contributed by atoms with van der Waals surface area (Å²) in [4.78, 5) is 83.8. The van der Waals surface area contributed by atoms with E-state index in [1.807, 2.05) is 13.8 Å². The summed E-state index contributed by atoms with van der Waals surface area (Å²) in [6.45, 7) is 8.68. The molecule has 6 rings (SSSR count). The largest absolute Gasteiger partial charge is 0.354 e. The Hall–Kier alpha value is -5.34. The van der Waals surface area contributed by atoms with E-state index in [1.54, 1.807) is 93.6 Å². The highest BCUT2D eigenvalue weighted by atomic mass is 35.5. The van der Waals surface area contributed by atoms with Crippen LogP contribution < -0.4 is 26.2 Å². The Labute approximate surface area is 478 Å². The summed E-state index contributed by atoms with van der Waals surface area (Å²) < 4.78 is 11.0. The van der Waals surface area contributed by atoms with Crippen LogP contribution in [0.25, 0.3) is 45.4 Å². The lowest BCUT2D eigenvalue weighted by Crippen LogP contribution is -2.47. The number of anilines is 2. The molecule has 25 heteroatoms. The van der Waals surface area contributed by atoms with Crippen molar-refractivity contribution in [1.29, 1.82) is 0 Å². The van der Waals surface area contributed by atoms with Gasteiger partial charge < -0.3 is 35.2 Å². The Morgan fingerprint density at radius 2 is 0.934 bits per heavy atom. The van der Waals surface area contributed by atoms with Crippen LogP contribution in [0.5, 0.6) is 0 Å². The SMILES string of the molecule is CC(C)C(NC(=O)CN)C(=O)CCN(C(=O)C(Cl)Cl)c1ccnc(-c2cc(-c3c(Cl)cccc3Cl)no2)c1.CCC(=O)NC(C(=O)CCN(C(=O)C(Cl)Cl)c1ccnc(-c2cc(-c3c(Cl)cccc3Cl)no2)c1)C(C)C. The van der Waals surface area contributed by atoms with Gasteiger partial charge in [0.2, 0.25) is 11.8 Å². The molecule has 17 nitrogen and oxygen atoms in total. The molecule has 0 aliphatic rings. The standard InChI is InChI=1S/C26H26Cl4N4O4.C25H25Cl4N5O4/c1-4-22(36)32-24(14(2)3)20(35)9-11-34(26(37)25(29)30)15-8-10-31-18(12-15)21-13-19(33-38-21)23-16(27)6-5-7-17(23)28;1-13(2)23(32-21(36)12-30)19(35)7-9-34(25(37)24(28)29)14-6-8-31-17(10-14)20-11-18(33-38-20)22-15(26)4-3-5-16(22)27/h5-8,10,12-14,24-25H,4,9,11H2,1-3H3,(H,32,36);3-6,8,10-11,13,23-24H,7,9,12,30H2,1-2H3,(H,32,36). The van der Waals surface area contributed by atoms with Crippen LogP contribution in [0.2, 0.25) is 20.1 Å². The lowest BCUT2D eigenvalue weighted by Gasteiger charge is -2.26. The molecule has 4 aromatic heterocycles. The average Bonchev–Trinajstić information content (AvgIpc) is 4.08. The predicted octanol–water partition coefficient (Wildman–Crippen LogP) is 11.3. The van der Waals surface area contributed by atoms with Crippen LogP contribution >= 0.6 is 92.8 Å². The number of nitrogens with zero attached hydrogens (tertiary/aromatic N) is 6. The van der Waals surface area contributed by atoms with E-state index in [4.69, 9.17) is 108 Å². The van der Waals surface area contributed by atoms with Gasteiger partial charge in [0.05, 0.1) is 38.7 Å². The highest BCUT2D eigenvalue weighted by molar-refractivity contribution is 6.55. The number of alkyl halides is 4. The van der Waals surface area contributed by atoms with E-state index in [0.717, 1.165) is 0 Å². The molecule has 2 unspecified atom stereocenters. The average molecular weight is 1200 g/mol. The Morgan fingerprint density at radius 1 is 0.566 bits per heavy atom. The first-order valence-corrected chi connectivity index (χ1v) is 26.6. The first-order chi connectivity index (χ1) is 36.1. The van der Waals surface area contributed by atoms with Gasteiger partial charge in [-0.05, 0) is 60.4 Å². The number of halogens is 8. The van der Waals surface area contributed by atoms with Gasteiger partial charge in [0.25, 0.3) is 11.8 Å². The number of pyridine rings is 2. The molecule has 4 amide bonds. The summed E-state index contributed by atoms with van der Waals surface area (Å²) in [5.41, 5.74) is 8.69. The molecule has 2 atom stereocenters. The second-order valence-electron chi connectivity index (χ2n) is 17.3. The zero-order valence-corrected chi connectivity index (χ0v) is 47.4. The Morgan fingerprint density at radius 3 is 1.26 bits per heavy atom. The molecule has 6 aromatic rings. The van der Waals surface area contributed by atoms with Gasteiger partial charge in [-0.1, -0.05) is 150 Å². The second-order valence-corrected chi connectivity index (χ2v) is 21.1. The number of nitrogens with two attached hydrogens (primary N) is 1. The van der Waals surface area contributed by atoms with E-state index in [-0.39, 0.29) is 68.2 Å². The lowest BCUT2D eigenvalue weighted by atomic mass is 9.97. The van der Waals surface area contributed by atoms with Crippen LogP contribution in [-0.4, -0.2) is 96.9 Å². The summed E-state index contributed by atoms with van der Waals surface area (Å²) in [5, 5.41) is 15.1. The zero-order chi connectivity index (χ0) is 56.0. The smallest absolute Gasteiger partial charge is 0.260 e. The van der Waals surface area contributed by atoms with Crippen LogP contribution in [0.4, 0.5) is 11.4 Å². The Balaban J connectivity index is 0.000000281. The fourth-order valence-corrected chi connectivity index (χ4v) is 9.08. The number of ketones is 2. The maximum absolute atomic E-state index is 13.0. The highest BCUT2D eigenvalue weighted by Crippen LogP contribution is 2.38. The van der Waals surface area contributed by atoms with E-state index < -0.39 is 39.5 Å². The second kappa shape index (κ2) is 28.9. The van der Waals surface area contributed by atoms with Crippen LogP contribution in [0, 0.1) is 11.8 Å². The number of hydrogen-bond acceptors (Lipinski definition) is 13. The molecular weight excluding hydrogens is 1150 g/mol. The molecule has 0 bridgehead atoms. The molecule has 0 radical (unpaired) electrons. The van der Waals surface area contributed by atoms with Gasteiger partial charge in [-0.2, -0.15) is 0 Å². The van der Waals surface area contributed by atoms with Crippen molar-refractivity contribution in [3.63, 3.8) is 0 Å². The third-order valence-corrected chi connectivity index (χ3v) is 13.3. The fraction of sp³-hybridized carbons (Fsp3) is 0.333. The van der Waals surface area contributed by atoms with Crippen molar-refractivity contribution in [2.75, 3.05) is 29.4 Å². The Bertz CT molecular complexity index is 2790. The predicted molar refractivity (Wildman–Crippen MR) is 298 cm³/mol. The van der Waals surface area contributed by atoms with Crippen LogP contribution in [0.1, 0.15) is 53.9 Å². The molecule has 76 heavy (non-hydrogen) atoms. The van der Waals surface area contributed by atoms with Gasteiger partial charge in [-0.3, -0.25) is 38.7 Å². The van der Waals surface area contributed by atoms with Gasteiger partial charge >= 0.3 is 0 Å². The van der Waals surface area contributed by atoms with Crippen molar-refractivity contribution in [2.45, 2.75) is 75.6 Å². The maximum Gasteiger partial charge on any atom is 0.260 e. The summed E-state index contributed by atoms with van der Waals surface area (Å²) >= 11 is 48.7. The van der Waals surface area contributed by atoms with Crippen molar-refractivity contribution in [1.82, 2.24) is 30.9 Å². The van der Waals surface area contributed by atoms with Crippen LogP contribution in [0.3, 0.4) is 0 Å². The molecule has 4 N–H and O–H groups in total. The van der Waals surface area contributed by atoms with Crippen LogP contribution in [-0.2, 0) is 28.8 Å². The fourth-order valence-electron chi connectivity index (χ4n) is 7.43. The lowest BCUT2D eigenvalue weighted by molar-refractivity contribution is -0.128. The highest BCUT2D eigenvalue weighted by Gasteiger charge is 2.30.